The topological polar surface area (TPSA) is 53.2 Å². The van der Waals surface area contributed by atoms with Gasteiger partial charge in [0.2, 0.25) is 0 Å². The Bertz CT molecular complexity index is 160. The van der Waals surface area contributed by atoms with Crippen molar-refractivity contribution in [1.82, 2.24) is 0 Å². The Balaban J connectivity index is 2.13. The summed E-state index contributed by atoms with van der Waals surface area (Å²) in [6, 6.07) is 2.16. The number of rotatable bonds is 5. The zero-order chi connectivity index (χ0) is 8.81. The van der Waals surface area contributed by atoms with Crippen molar-refractivity contribution in [3.63, 3.8) is 0 Å². The molecular weight excluding hydrogens is 154 g/mol. The molecule has 68 valence electrons. The SMILES string of the molecule is N#CC(OCCCO)C1CCC1. The molecule has 0 bridgehead atoms. The van der Waals surface area contributed by atoms with Crippen LogP contribution < -0.4 is 0 Å². The molecule has 1 saturated carbocycles. The third-order valence-corrected chi connectivity index (χ3v) is 2.31. The van der Waals surface area contributed by atoms with E-state index in [2.05, 4.69) is 6.07 Å². The molecular formula is C9H15NO2. The molecule has 0 aromatic carbocycles. The molecule has 0 spiro atoms. The van der Waals surface area contributed by atoms with Crippen LogP contribution in [0.15, 0.2) is 0 Å². The summed E-state index contributed by atoms with van der Waals surface area (Å²) >= 11 is 0. The smallest absolute Gasteiger partial charge is 0.146 e. The number of aliphatic hydroxyl groups excluding tert-OH is 1. The average Bonchev–Trinajstić information content (AvgIpc) is 1.99. The zero-order valence-electron chi connectivity index (χ0n) is 7.20. The Morgan fingerprint density at radius 2 is 2.33 bits per heavy atom. The summed E-state index contributed by atoms with van der Waals surface area (Å²) in [7, 11) is 0. The fourth-order valence-corrected chi connectivity index (χ4v) is 1.30. The number of nitrogens with zero attached hydrogens (tertiary/aromatic N) is 1. The minimum Gasteiger partial charge on any atom is -0.396 e. The van der Waals surface area contributed by atoms with Crippen LogP contribution in [-0.4, -0.2) is 24.4 Å². The summed E-state index contributed by atoms with van der Waals surface area (Å²) < 4.78 is 5.31. The maximum atomic E-state index is 8.72. The number of hydrogen-bond donors (Lipinski definition) is 1. The monoisotopic (exact) mass is 169 g/mol. The van der Waals surface area contributed by atoms with Gasteiger partial charge >= 0.3 is 0 Å². The predicted octanol–water partition coefficient (Wildman–Crippen LogP) is 1.08. The Morgan fingerprint density at radius 3 is 2.75 bits per heavy atom. The molecule has 12 heavy (non-hydrogen) atoms. The molecule has 1 rings (SSSR count). The van der Waals surface area contributed by atoms with E-state index in [0.717, 1.165) is 12.8 Å². The molecule has 1 fully saturated rings. The Labute approximate surface area is 73.0 Å². The van der Waals surface area contributed by atoms with Crippen molar-refractivity contribution in [1.29, 1.82) is 5.26 Å². The second-order valence-electron chi connectivity index (χ2n) is 3.19. The lowest BCUT2D eigenvalue weighted by molar-refractivity contribution is 0.0161. The van der Waals surface area contributed by atoms with Gasteiger partial charge in [0.25, 0.3) is 0 Å². The van der Waals surface area contributed by atoms with Crippen molar-refractivity contribution in [2.75, 3.05) is 13.2 Å². The van der Waals surface area contributed by atoms with Crippen LogP contribution in [0.1, 0.15) is 25.7 Å². The van der Waals surface area contributed by atoms with E-state index >= 15 is 0 Å². The van der Waals surface area contributed by atoms with E-state index in [0.29, 0.717) is 18.9 Å². The van der Waals surface area contributed by atoms with Crippen molar-refractivity contribution >= 4 is 0 Å². The van der Waals surface area contributed by atoms with Gasteiger partial charge in [-0.3, -0.25) is 0 Å². The normalized spacial score (nSPS) is 19.7. The molecule has 0 aliphatic heterocycles. The Kier molecular flexibility index (Phi) is 4.06. The highest BCUT2D eigenvalue weighted by molar-refractivity contribution is 4.93. The highest BCUT2D eigenvalue weighted by Gasteiger charge is 2.27. The average molecular weight is 169 g/mol. The minimum atomic E-state index is -0.231. The summed E-state index contributed by atoms with van der Waals surface area (Å²) in [6.45, 7) is 0.647. The van der Waals surface area contributed by atoms with Gasteiger partial charge in [-0.05, 0) is 25.2 Å². The van der Waals surface area contributed by atoms with E-state index < -0.39 is 0 Å². The van der Waals surface area contributed by atoms with Gasteiger partial charge in [-0.15, -0.1) is 0 Å². The van der Waals surface area contributed by atoms with E-state index in [1.54, 1.807) is 0 Å². The number of ether oxygens (including phenoxy) is 1. The van der Waals surface area contributed by atoms with Crippen molar-refractivity contribution < 1.29 is 9.84 Å². The van der Waals surface area contributed by atoms with Gasteiger partial charge in [0.1, 0.15) is 6.10 Å². The third kappa shape index (κ3) is 2.47. The summed E-state index contributed by atoms with van der Waals surface area (Å²) in [6.07, 6.45) is 3.87. The van der Waals surface area contributed by atoms with Gasteiger partial charge in [0.05, 0.1) is 12.7 Å². The molecule has 1 atom stereocenters. The van der Waals surface area contributed by atoms with Crippen LogP contribution in [0.2, 0.25) is 0 Å². The van der Waals surface area contributed by atoms with E-state index in [1.165, 1.54) is 6.42 Å². The van der Waals surface area contributed by atoms with Crippen LogP contribution >= 0.6 is 0 Å². The number of hydrogen-bond acceptors (Lipinski definition) is 3. The number of nitriles is 1. The van der Waals surface area contributed by atoms with E-state index in [-0.39, 0.29) is 12.7 Å². The fraction of sp³-hybridized carbons (Fsp3) is 0.889. The van der Waals surface area contributed by atoms with Gasteiger partial charge in [0, 0.05) is 6.61 Å². The van der Waals surface area contributed by atoms with Crippen LogP contribution in [0.5, 0.6) is 0 Å². The molecule has 1 aliphatic rings. The lowest BCUT2D eigenvalue weighted by Gasteiger charge is -2.29. The molecule has 0 heterocycles. The van der Waals surface area contributed by atoms with E-state index in [1.807, 2.05) is 0 Å². The second kappa shape index (κ2) is 5.13. The first-order valence-corrected chi connectivity index (χ1v) is 4.50. The van der Waals surface area contributed by atoms with Crippen LogP contribution in [0.25, 0.3) is 0 Å². The second-order valence-corrected chi connectivity index (χ2v) is 3.19. The summed E-state index contributed by atoms with van der Waals surface area (Å²) in [5.74, 6) is 0.452. The largest absolute Gasteiger partial charge is 0.396 e. The van der Waals surface area contributed by atoms with Crippen LogP contribution in [0.4, 0.5) is 0 Å². The fourth-order valence-electron chi connectivity index (χ4n) is 1.30. The first-order chi connectivity index (χ1) is 5.88. The molecule has 0 aromatic rings. The first-order valence-electron chi connectivity index (χ1n) is 4.50. The zero-order valence-corrected chi connectivity index (χ0v) is 7.20. The van der Waals surface area contributed by atoms with E-state index in [4.69, 9.17) is 15.1 Å². The predicted molar refractivity (Wildman–Crippen MR) is 44.4 cm³/mol. The molecule has 3 heteroatoms. The van der Waals surface area contributed by atoms with Crippen molar-refractivity contribution in [3.05, 3.63) is 0 Å². The van der Waals surface area contributed by atoms with Gasteiger partial charge in [-0.2, -0.15) is 5.26 Å². The quantitative estimate of drug-likeness (QED) is 0.626. The van der Waals surface area contributed by atoms with Gasteiger partial charge in [0.15, 0.2) is 0 Å². The summed E-state index contributed by atoms with van der Waals surface area (Å²) in [5.41, 5.74) is 0. The molecule has 0 radical (unpaired) electrons. The maximum Gasteiger partial charge on any atom is 0.146 e. The summed E-state index contributed by atoms with van der Waals surface area (Å²) in [5, 5.41) is 17.2. The number of aliphatic hydroxyl groups is 1. The molecule has 1 N–H and O–H groups in total. The molecule has 1 unspecified atom stereocenters. The van der Waals surface area contributed by atoms with Gasteiger partial charge in [-0.25, -0.2) is 0 Å². The van der Waals surface area contributed by atoms with Crippen LogP contribution in [-0.2, 0) is 4.74 Å². The molecule has 3 nitrogen and oxygen atoms in total. The lowest BCUT2D eigenvalue weighted by Crippen LogP contribution is -2.28. The standard InChI is InChI=1S/C9H15NO2/c10-7-9(8-3-1-4-8)12-6-2-5-11/h8-9,11H,1-6H2. The van der Waals surface area contributed by atoms with E-state index in [9.17, 15) is 0 Å². The van der Waals surface area contributed by atoms with Crippen molar-refractivity contribution in [2.45, 2.75) is 31.8 Å². The molecule has 0 aromatic heterocycles. The molecule has 1 aliphatic carbocycles. The highest BCUT2D eigenvalue weighted by Crippen LogP contribution is 2.30. The minimum absolute atomic E-state index is 0.142. The molecule has 0 amide bonds. The Morgan fingerprint density at radius 1 is 1.58 bits per heavy atom. The molecule has 0 saturated heterocycles. The first kappa shape index (κ1) is 9.50. The third-order valence-electron chi connectivity index (χ3n) is 2.31. The van der Waals surface area contributed by atoms with Crippen molar-refractivity contribution in [3.8, 4) is 6.07 Å². The lowest BCUT2D eigenvalue weighted by atomic mass is 9.81. The van der Waals surface area contributed by atoms with Gasteiger partial charge in [-0.1, -0.05) is 6.42 Å². The van der Waals surface area contributed by atoms with Gasteiger partial charge < -0.3 is 9.84 Å². The van der Waals surface area contributed by atoms with Crippen LogP contribution in [0.3, 0.4) is 0 Å². The highest BCUT2D eigenvalue weighted by atomic mass is 16.5. The van der Waals surface area contributed by atoms with Crippen molar-refractivity contribution in [2.24, 2.45) is 5.92 Å². The van der Waals surface area contributed by atoms with Crippen LogP contribution in [0, 0.1) is 17.2 Å². The maximum absolute atomic E-state index is 8.72. The Hall–Kier alpha value is -0.590. The summed E-state index contributed by atoms with van der Waals surface area (Å²) in [4.78, 5) is 0.